The molecule has 0 fully saturated rings. The average Bonchev–Trinajstić information content (AvgIpc) is 2.18. The van der Waals surface area contributed by atoms with Crippen LogP contribution < -0.4 is 0 Å². The van der Waals surface area contributed by atoms with Crippen molar-refractivity contribution < 1.29 is 13.2 Å². The molecular formula is C9H7IO3S. The molecule has 1 aliphatic carbocycles. The molecule has 1 aliphatic rings. The van der Waals surface area contributed by atoms with Gasteiger partial charge in [0.25, 0.3) is 0 Å². The molecule has 14 heavy (non-hydrogen) atoms. The highest BCUT2D eigenvalue weighted by atomic mass is 127. The lowest BCUT2D eigenvalue weighted by Gasteiger charge is -2.09. The van der Waals surface area contributed by atoms with Crippen LogP contribution in [0.4, 0.5) is 0 Å². The number of hydrogen-bond donors (Lipinski definition) is 0. The fourth-order valence-electron chi connectivity index (χ4n) is 1.05. The lowest BCUT2D eigenvalue weighted by Crippen LogP contribution is -2.04. The highest BCUT2D eigenvalue weighted by molar-refractivity contribution is 14.1. The van der Waals surface area contributed by atoms with Crippen LogP contribution in [0.5, 0.6) is 0 Å². The second kappa shape index (κ2) is 5.22. The number of ether oxygens (including phenoxy) is 1. The maximum Gasteiger partial charge on any atom is 0.217 e. The van der Waals surface area contributed by atoms with Crippen molar-refractivity contribution in [2.75, 3.05) is 7.11 Å². The van der Waals surface area contributed by atoms with E-state index in [2.05, 4.69) is 9.85 Å². The van der Waals surface area contributed by atoms with Crippen molar-refractivity contribution in [1.29, 1.82) is 0 Å². The minimum Gasteiger partial charge on any atom is -0.496 e. The van der Waals surface area contributed by atoms with E-state index in [9.17, 15) is 8.42 Å². The Morgan fingerprint density at radius 1 is 1.57 bits per heavy atom. The molecule has 0 aromatic carbocycles. The van der Waals surface area contributed by atoms with Crippen molar-refractivity contribution in [3.8, 4) is 9.85 Å². The van der Waals surface area contributed by atoms with Gasteiger partial charge in [0.1, 0.15) is 5.76 Å². The third kappa shape index (κ3) is 2.62. The van der Waals surface area contributed by atoms with Crippen molar-refractivity contribution in [1.82, 2.24) is 0 Å². The van der Waals surface area contributed by atoms with Crippen LogP contribution in [0.25, 0.3) is 0 Å². The SMILES string of the molecule is COC1=CCC(=S(=O)=O)C=C1C#CI. The molecule has 0 aromatic heterocycles. The molecule has 0 aliphatic heterocycles. The van der Waals surface area contributed by atoms with E-state index in [-0.39, 0.29) is 0 Å². The van der Waals surface area contributed by atoms with Crippen molar-refractivity contribution in [3.63, 3.8) is 0 Å². The Morgan fingerprint density at radius 3 is 2.79 bits per heavy atom. The fourth-order valence-corrected chi connectivity index (χ4v) is 1.78. The lowest BCUT2D eigenvalue weighted by molar-refractivity contribution is 0.302. The maximum absolute atomic E-state index is 10.7. The average molecular weight is 322 g/mol. The normalized spacial score (nSPS) is 14.9. The fraction of sp³-hybridized carbons (Fsp3) is 0.222. The Labute approximate surface area is 97.5 Å². The molecule has 0 atom stereocenters. The van der Waals surface area contributed by atoms with Crippen LogP contribution >= 0.6 is 22.6 Å². The second-order valence-corrected chi connectivity index (χ2v) is 3.99. The first-order chi connectivity index (χ1) is 6.69. The third-order valence-corrected chi connectivity index (χ3v) is 2.66. The van der Waals surface area contributed by atoms with Gasteiger partial charge in [-0.15, -0.1) is 0 Å². The van der Waals surface area contributed by atoms with E-state index >= 15 is 0 Å². The van der Waals surface area contributed by atoms with Crippen LogP contribution in [0.1, 0.15) is 6.42 Å². The summed E-state index contributed by atoms with van der Waals surface area (Å²) in [5, 5.41) is 0. The molecule has 0 spiro atoms. The molecule has 0 aromatic rings. The van der Waals surface area contributed by atoms with E-state index in [1.165, 1.54) is 13.2 Å². The minimum atomic E-state index is -2.17. The highest BCUT2D eigenvalue weighted by Crippen LogP contribution is 2.16. The largest absolute Gasteiger partial charge is 0.496 e. The summed E-state index contributed by atoms with van der Waals surface area (Å²) in [5.41, 5.74) is 0.604. The topological polar surface area (TPSA) is 43.4 Å². The standard InChI is InChI=1S/C9H7IO3S/c1-13-9-3-2-8(14(11)12)6-7(9)4-5-10/h3,6H,2H2,1H3. The van der Waals surface area contributed by atoms with Crippen LogP contribution in [0.3, 0.4) is 0 Å². The van der Waals surface area contributed by atoms with Crippen LogP contribution in [0.2, 0.25) is 0 Å². The van der Waals surface area contributed by atoms with Gasteiger partial charge in [0.15, 0.2) is 0 Å². The highest BCUT2D eigenvalue weighted by Gasteiger charge is 2.11. The third-order valence-electron chi connectivity index (χ3n) is 1.68. The molecule has 1 rings (SSSR count). The van der Waals surface area contributed by atoms with Gasteiger partial charge in [0.2, 0.25) is 10.3 Å². The van der Waals surface area contributed by atoms with Crippen molar-refractivity contribution >= 4 is 37.7 Å². The molecule has 0 N–H and O–H groups in total. The number of halogens is 1. The van der Waals surface area contributed by atoms with E-state index in [4.69, 9.17) is 4.74 Å². The molecule has 0 saturated heterocycles. The van der Waals surface area contributed by atoms with E-state index in [1.54, 1.807) is 6.08 Å². The Kier molecular flexibility index (Phi) is 4.22. The van der Waals surface area contributed by atoms with Gasteiger partial charge in [0.05, 0.1) is 17.5 Å². The summed E-state index contributed by atoms with van der Waals surface area (Å²) in [5.74, 6) is 3.41. The molecule has 0 bridgehead atoms. The Bertz CT molecular complexity index is 478. The van der Waals surface area contributed by atoms with Crippen molar-refractivity contribution in [2.24, 2.45) is 0 Å². The summed E-state index contributed by atoms with van der Waals surface area (Å²) in [4.78, 5) is 0.333. The molecular weight excluding hydrogens is 315 g/mol. The molecule has 0 amide bonds. The quantitative estimate of drug-likeness (QED) is 0.415. The summed E-state index contributed by atoms with van der Waals surface area (Å²) >= 11 is 1.89. The first kappa shape index (κ1) is 11.3. The second-order valence-electron chi connectivity index (χ2n) is 2.46. The molecule has 74 valence electrons. The summed E-state index contributed by atoms with van der Waals surface area (Å²) in [6.45, 7) is 0. The van der Waals surface area contributed by atoms with Gasteiger partial charge in [-0.3, -0.25) is 0 Å². The summed E-state index contributed by atoms with van der Waals surface area (Å²) in [6.07, 6.45) is 3.61. The van der Waals surface area contributed by atoms with Gasteiger partial charge < -0.3 is 4.74 Å². The zero-order chi connectivity index (χ0) is 10.6. The number of hydrogen-bond acceptors (Lipinski definition) is 3. The summed E-state index contributed by atoms with van der Waals surface area (Å²) < 4.78 is 29.1. The summed E-state index contributed by atoms with van der Waals surface area (Å²) in [7, 11) is -0.638. The zero-order valence-electron chi connectivity index (χ0n) is 7.37. The number of allylic oxidation sites excluding steroid dienone is 3. The first-order valence-corrected chi connectivity index (χ1v) is 5.87. The first-order valence-electron chi connectivity index (χ1n) is 3.72. The van der Waals surface area contributed by atoms with Gasteiger partial charge in [-0.25, -0.2) is 0 Å². The van der Waals surface area contributed by atoms with Gasteiger partial charge >= 0.3 is 0 Å². The predicted octanol–water partition coefficient (Wildman–Crippen LogP) is 1.29. The van der Waals surface area contributed by atoms with E-state index in [0.29, 0.717) is 22.6 Å². The van der Waals surface area contributed by atoms with Crippen LogP contribution in [-0.4, -0.2) is 20.4 Å². The number of rotatable bonds is 1. The molecule has 0 heterocycles. The zero-order valence-corrected chi connectivity index (χ0v) is 10.3. The summed E-state index contributed by atoms with van der Waals surface area (Å²) in [6, 6.07) is 0. The monoisotopic (exact) mass is 322 g/mol. The van der Waals surface area contributed by atoms with E-state index < -0.39 is 10.3 Å². The smallest absolute Gasteiger partial charge is 0.217 e. The molecule has 3 nitrogen and oxygen atoms in total. The Hall–Kier alpha value is -0.740. The van der Waals surface area contributed by atoms with Crippen molar-refractivity contribution in [2.45, 2.75) is 6.42 Å². The maximum atomic E-state index is 10.7. The van der Waals surface area contributed by atoms with Gasteiger partial charge in [-0.1, -0.05) is 5.92 Å². The van der Waals surface area contributed by atoms with Gasteiger partial charge in [-0.05, 0) is 16.1 Å². The van der Waals surface area contributed by atoms with Crippen LogP contribution in [-0.2, 0) is 15.0 Å². The van der Waals surface area contributed by atoms with Crippen LogP contribution in [0, 0.1) is 9.85 Å². The minimum absolute atomic E-state index is 0.333. The predicted molar refractivity (Wildman–Crippen MR) is 63.5 cm³/mol. The van der Waals surface area contributed by atoms with E-state index in [1.807, 2.05) is 22.6 Å². The van der Waals surface area contributed by atoms with Gasteiger partial charge in [-0.2, -0.15) is 8.42 Å². The van der Waals surface area contributed by atoms with Gasteiger partial charge in [0, 0.05) is 29.0 Å². The Balaban J connectivity index is 3.21. The Morgan fingerprint density at radius 2 is 2.29 bits per heavy atom. The lowest BCUT2D eigenvalue weighted by atomic mass is 10.1. The molecule has 5 heteroatoms. The molecule has 0 unspecified atom stereocenters. The number of methoxy groups -OCH3 is 1. The molecule has 0 radical (unpaired) electrons. The van der Waals surface area contributed by atoms with Crippen molar-refractivity contribution in [3.05, 3.63) is 23.5 Å². The molecule has 0 saturated carbocycles. The van der Waals surface area contributed by atoms with E-state index in [0.717, 1.165) is 0 Å². The van der Waals surface area contributed by atoms with Crippen LogP contribution in [0.15, 0.2) is 23.5 Å².